The van der Waals surface area contributed by atoms with Crippen molar-refractivity contribution in [1.82, 2.24) is 9.21 Å². The molecule has 1 heterocycles. The Morgan fingerprint density at radius 1 is 1.09 bits per heavy atom. The maximum Gasteiger partial charge on any atom is 0.326 e. The van der Waals surface area contributed by atoms with Gasteiger partial charge in [-0.15, -0.1) is 5.92 Å². The molecule has 2 aromatic rings. The van der Waals surface area contributed by atoms with Crippen LogP contribution in [0.15, 0.2) is 59.5 Å². The number of hydrogen-bond donors (Lipinski definition) is 0. The molecule has 186 valence electrons. The maximum absolute atomic E-state index is 13.5. The van der Waals surface area contributed by atoms with E-state index in [4.69, 9.17) is 9.47 Å². The number of anilines is 1. The monoisotopic (exact) mass is 499 g/mol. The van der Waals surface area contributed by atoms with Gasteiger partial charge in [-0.3, -0.25) is 9.69 Å². The van der Waals surface area contributed by atoms with Crippen LogP contribution in [0.2, 0.25) is 0 Å². The number of piperazine rings is 1. The minimum atomic E-state index is -4.04. The van der Waals surface area contributed by atoms with Crippen molar-refractivity contribution in [2.24, 2.45) is 0 Å². The summed E-state index contributed by atoms with van der Waals surface area (Å²) in [6, 6.07) is 13.5. The van der Waals surface area contributed by atoms with E-state index in [1.807, 2.05) is 18.2 Å². The fourth-order valence-corrected chi connectivity index (χ4v) is 5.23. The van der Waals surface area contributed by atoms with Crippen molar-refractivity contribution in [1.29, 1.82) is 0 Å². The molecule has 1 saturated heterocycles. The van der Waals surface area contributed by atoms with Crippen LogP contribution < -0.4 is 9.64 Å². The Morgan fingerprint density at radius 2 is 1.77 bits per heavy atom. The molecular formula is C25H29N3O6S. The number of benzene rings is 2. The lowest BCUT2D eigenvalue weighted by atomic mass is 10.2. The predicted octanol–water partition coefficient (Wildman–Crippen LogP) is 2.58. The third-order valence-corrected chi connectivity index (χ3v) is 7.43. The number of nitrogens with zero attached hydrogens (tertiary/aromatic N) is 3. The molecule has 1 aliphatic heterocycles. The molecule has 3 rings (SSSR count). The molecule has 0 spiro atoms. The predicted molar refractivity (Wildman–Crippen MR) is 132 cm³/mol. The summed E-state index contributed by atoms with van der Waals surface area (Å²) in [4.78, 5) is 28.8. The molecule has 1 fully saturated rings. The molecule has 9 nitrogen and oxygen atoms in total. The number of hydrogen-bond acceptors (Lipinski definition) is 6. The molecule has 0 bridgehead atoms. The lowest BCUT2D eigenvalue weighted by Gasteiger charge is -2.40. The number of urea groups is 1. The first-order valence-electron chi connectivity index (χ1n) is 11.2. The van der Waals surface area contributed by atoms with Gasteiger partial charge in [0.2, 0.25) is 10.0 Å². The van der Waals surface area contributed by atoms with E-state index in [9.17, 15) is 18.0 Å². The van der Waals surface area contributed by atoms with E-state index >= 15 is 0 Å². The number of para-hydroxylation sites is 1. The standard InChI is InChI=1S/C25H29N3O6S/c1-4-6-18-34-21-12-14-22(15-13-21)35(31,32)28-17-16-27(19-23(28)24(29)33-5-2)25(30)26(3)20-10-8-7-9-11-20/h7-15,23H,5,16-19H2,1-3H3. The van der Waals surface area contributed by atoms with Crippen LogP contribution in [0.3, 0.4) is 0 Å². The van der Waals surface area contributed by atoms with Crippen molar-refractivity contribution in [3.63, 3.8) is 0 Å². The molecule has 0 aromatic heterocycles. The summed E-state index contributed by atoms with van der Waals surface area (Å²) >= 11 is 0. The Labute approximate surface area is 206 Å². The minimum Gasteiger partial charge on any atom is -0.481 e. The van der Waals surface area contributed by atoms with Crippen LogP contribution in [-0.4, -0.2) is 75.6 Å². The van der Waals surface area contributed by atoms with Crippen LogP contribution in [0.25, 0.3) is 0 Å². The van der Waals surface area contributed by atoms with Crippen molar-refractivity contribution in [2.75, 3.05) is 44.8 Å². The molecule has 2 aromatic carbocycles. The normalized spacial score (nSPS) is 16.1. The van der Waals surface area contributed by atoms with E-state index in [-0.39, 0.29) is 43.8 Å². The van der Waals surface area contributed by atoms with Crippen LogP contribution in [-0.2, 0) is 19.6 Å². The summed E-state index contributed by atoms with van der Waals surface area (Å²) in [6.07, 6.45) is 0. The molecule has 1 unspecified atom stereocenters. The Hall–Kier alpha value is -3.55. The first-order valence-corrected chi connectivity index (χ1v) is 12.6. The molecule has 0 saturated carbocycles. The number of ether oxygens (including phenoxy) is 2. The molecular weight excluding hydrogens is 470 g/mol. The van der Waals surface area contributed by atoms with Gasteiger partial charge in [-0.1, -0.05) is 24.1 Å². The van der Waals surface area contributed by atoms with Crippen LogP contribution in [0, 0.1) is 11.8 Å². The summed E-state index contributed by atoms with van der Waals surface area (Å²) < 4.78 is 38.6. The fourth-order valence-electron chi connectivity index (χ4n) is 3.67. The highest BCUT2D eigenvalue weighted by Gasteiger charge is 2.42. The van der Waals surface area contributed by atoms with Gasteiger partial charge in [0, 0.05) is 32.4 Å². The zero-order valence-electron chi connectivity index (χ0n) is 20.0. The molecule has 0 aliphatic carbocycles. The largest absolute Gasteiger partial charge is 0.481 e. The van der Waals surface area contributed by atoms with Crippen molar-refractivity contribution in [3.8, 4) is 17.6 Å². The average Bonchev–Trinajstić information content (AvgIpc) is 2.88. The first-order chi connectivity index (χ1) is 16.8. The summed E-state index contributed by atoms with van der Waals surface area (Å²) in [5.74, 6) is 5.27. The quantitative estimate of drug-likeness (QED) is 0.429. The zero-order chi connectivity index (χ0) is 25.4. The van der Waals surface area contributed by atoms with Crippen molar-refractivity contribution < 1.29 is 27.5 Å². The highest BCUT2D eigenvalue weighted by atomic mass is 32.2. The van der Waals surface area contributed by atoms with Crippen LogP contribution >= 0.6 is 0 Å². The third kappa shape index (κ3) is 6.12. The van der Waals surface area contributed by atoms with E-state index in [0.717, 1.165) is 4.31 Å². The SMILES string of the molecule is CC#CCOc1ccc(S(=O)(=O)N2CCN(C(=O)N(C)c3ccccc3)CC2C(=O)OCC)cc1. The molecule has 2 amide bonds. The fraction of sp³-hybridized carbons (Fsp3) is 0.360. The number of sulfonamides is 1. The van der Waals surface area contributed by atoms with Gasteiger partial charge in [0.05, 0.1) is 11.5 Å². The van der Waals surface area contributed by atoms with Gasteiger partial charge in [0.15, 0.2) is 0 Å². The summed E-state index contributed by atoms with van der Waals surface area (Å²) in [5.41, 5.74) is 0.687. The van der Waals surface area contributed by atoms with Crippen molar-refractivity contribution >= 4 is 27.7 Å². The number of esters is 1. The van der Waals surface area contributed by atoms with Crippen molar-refractivity contribution in [3.05, 3.63) is 54.6 Å². The highest BCUT2D eigenvalue weighted by Crippen LogP contribution is 2.25. The van der Waals surface area contributed by atoms with Gasteiger partial charge < -0.3 is 14.4 Å². The van der Waals surface area contributed by atoms with Gasteiger partial charge in [-0.2, -0.15) is 4.31 Å². The average molecular weight is 500 g/mol. The van der Waals surface area contributed by atoms with Gasteiger partial charge in [0.25, 0.3) is 0 Å². The second-order valence-corrected chi connectivity index (χ2v) is 9.58. The van der Waals surface area contributed by atoms with E-state index in [1.54, 1.807) is 33.0 Å². The van der Waals surface area contributed by atoms with E-state index < -0.39 is 22.0 Å². The van der Waals surface area contributed by atoms with Gasteiger partial charge in [-0.05, 0) is 50.2 Å². The second kappa shape index (κ2) is 11.7. The number of carbonyl (C=O) groups excluding carboxylic acids is 2. The summed E-state index contributed by atoms with van der Waals surface area (Å²) in [7, 11) is -2.41. The molecule has 0 radical (unpaired) electrons. The van der Waals surface area contributed by atoms with E-state index in [1.165, 1.54) is 34.1 Å². The topological polar surface area (TPSA) is 96.5 Å². The van der Waals surface area contributed by atoms with E-state index in [0.29, 0.717) is 11.4 Å². The highest BCUT2D eigenvalue weighted by molar-refractivity contribution is 7.89. The Kier molecular flexibility index (Phi) is 8.73. The first kappa shape index (κ1) is 26.1. The lowest BCUT2D eigenvalue weighted by Crippen LogP contribution is -2.61. The second-order valence-electron chi connectivity index (χ2n) is 7.69. The van der Waals surface area contributed by atoms with Crippen LogP contribution in [0.5, 0.6) is 5.75 Å². The molecule has 10 heteroatoms. The van der Waals surface area contributed by atoms with Crippen LogP contribution in [0.1, 0.15) is 13.8 Å². The van der Waals surface area contributed by atoms with E-state index in [2.05, 4.69) is 11.8 Å². The van der Waals surface area contributed by atoms with Gasteiger partial charge in [0.1, 0.15) is 18.4 Å². The molecule has 1 atom stereocenters. The number of carbonyl (C=O) groups is 2. The number of amides is 2. The van der Waals surface area contributed by atoms with Gasteiger partial charge >= 0.3 is 12.0 Å². The molecule has 35 heavy (non-hydrogen) atoms. The third-order valence-electron chi connectivity index (χ3n) is 5.51. The number of rotatable bonds is 7. The molecule has 1 aliphatic rings. The Morgan fingerprint density at radius 3 is 2.40 bits per heavy atom. The zero-order valence-corrected chi connectivity index (χ0v) is 20.8. The lowest BCUT2D eigenvalue weighted by molar-refractivity contribution is -0.149. The van der Waals surface area contributed by atoms with Crippen LogP contribution in [0.4, 0.5) is 10.5 Å². The maximum atomic E-state index is 13.5. The summed E-state index contributed by atoms with van der Waals surface area (Å²) in [6.45, 7) is 3.59. The minimum absolute atomic E-state index is 0.0157. The smallest absolute Gasteiger partial charge is 0.326 e. The Bertz CT molecular complexity index is 1190. The Balaban J connectivity index is 1.81. The molecule has 0 N–H and O–H groups in total. The van der Waals surface area contributed by atoms with Crippen molar-refractivity contribution in [2.45, 2.75) is 24.8 Å². The summed E-state index contributed by atoms with van der Waals surface area (Å²) in [5, 5.41) is 0. The van der Waals surface area contributed by atoms with Gasteiger partial charge in [-0.25, -0.2) is 13.2 Å².